The van der Waals surface area contributed by atoms with Crippen molar-refractivity contribution in [3.63, 3.8) is 0 Å². The molecule has 9 heteroatoms. The number of rotatable bonds is 5. The van der Waals surface area contributed by atoms with Crippen molar-refractivity contribution in [2.45, 2.75) is 16.8 Å². The van der Waals surface area contributed by atoms with Crippen molar-refractivity contribution in [2.24, 2.45) is 10.8 Å². The van der Waals surface area contributed by atoms with Gasteiger partial charge in [-0.1, -0.05) is 23.9 Å². The lowest BCUT2D eigenvalue weighted by Gasteiger charge is -2.09. The molecule has 0 aliphatic rings. The fourth-order valence-electron chi connectivity index (χ4n) is 2.08. The summed E-state index contributed by atoms with van der Waals surface area (Å²) in [6.45, 7) is 2.03. The van der Waals surface area contributed by atoms with Crippen LogP contribution in [-0.4, -0.2) is 21.5 Å². The van der Waals surface area contributed by atoms with Crippen molar-refractivity contribution in [1.82, 2.24) is 9.97 Å². The van der Waals surface area contributed by atoms with Gasteiger partial charge in [0.15, 0.2) is 5.84 Å². The van der Waals surface area contributed by atoms with Crippen LogP contribution in [0, 0.1) is 23.7 Å². The van der Waals surface area contributed by atoms with Crippen molar-refractivity contribution in [3.05, 3.63) is 41.5 Å². The summed E-state index contributed by atoms with van der Waals surface area (Å²) in [5, 5.41) is 24.1. The van der Waals surface area contributed by atoms with Crippen molar-refractivity contribution in [2.75, 3.05) is 5.43 Å². The van der Waals surface area contributed by atoms with E-state index in [1.54, 1.807) is 23.7 Å². The Hall–Kier alpha value is -2.96. The second-order valence-corrected chi connectivity index (χ2v) is 6.86. The predicted molar refractivity (Wildman–Crippen MR) is 101 cm³/mol. The molecule has 0 bridgehead atoms. The lowest BCUT2D eigenvalue weighted by Crippen LogP contribution is -2.21. The van der Waals surface area contributed by atoms with E-state index in [1.807, 2.05) is 31.2 Å². The molecule has 25 heavy (non-hydrogen) atoms. The van der Waals surface area contributed by atoms with Gasteiger partial charge in [-0.25, -0.2) is 9.97 Å². The molecule has 0 saturated heterocycles. The van der Waals surface area contributed by atoms with Crippen molar-refractivity contribution in [3.8, 4) is 6.07 Å². The van der Waals surface area contributed by atoms with E-state index < -0.39 is 0 Å². The molecule has 1 aromatic carbocycles. The summed E-state index contributed by atoms with van der Waals surface area (Å²) in [5.74, 6) is -0.383. The molecular weight excluding hydrogens is 354 g/mol. The molecule has 7 nitrogen and oxygen atoms in total. The molecule has 2 aromatic heterocycles. The van der Waals surface area contributed by atoms with Gasteiger partial charge in [0.2, 0.25) is 5.71 Å². The fourth-order valence-corrected chi connectivity index (χ4v) is 4.07. The highest BCUT2D eigenvalue weighted by atomic mass is 32.2. The number of amidine groups is 1. The van der Waals surface area contributed by atoms with Crippen LogP contribution in [0.15, 0.2) is 51.0 Å². The Morgan fingerprint density at radius 1 is 1.40 bits per heavy atom. The molecule has 0 saturated carbocycles. The maximum absolute atomic E-state index is 8.94. The first kappa shape index (κ1) is 16.9. The molecule has 0 unspecified atom stereocenters. The van der Waals surface area contributed by atoms with E-state index in [9.17, 15) is 0 Å². The zero-order chi connectivity index (χ0) is 17.8. The molecule has 0 fully saturated rings. The molecule has 2 heterocycles. The monoisotopic (exact) mass is 367 g/mol. The minimum atomic E-state index is -0.383. The maximum Gasteiger partial charge on any atom is 0.201 e. The third-order valence-electron chi connectivity index (χ3n) is 3.26. The number of thiophene rings is 1. The number of para-hydroxylation sites is 1. The Morgan fingerprint density at radius 3 is 2.96 bits per heavy atom. The summed E-state index contributed by atoms with van der Waals surface area (Å²) in [5.41, 5.74) is 9.78. The molecule has 0 radical (unpaired) electrons. The van der Waals surface area contributed by atoms with E-state index in [0.29, 0.717) is 5.69 Å². The number of nitrogens with two attached hydrogens (primary N) is 1. The average Bonchev–Trinajstić information content (AvgIpc) is 2.99. The number of aromatic nitrogens is 2. The number of benzene rings is 1. The average molecular weight is 367 g/mol. The van der Waals surface area contributed by atoms with Crippen LogP contribution in [0.1, 0.15) is 5.56 Å². The minimum Gasteiger partial charge on any atom is -0.382 e. The quantitative estimate of drug-likeness (QED) is 0.275. The molecule has 0 amide bonds. The number of nitrogens with zero attached hydrogens (tertiary/aromatic N) is 4. The normalized spacial score (nSPS) is 11.3. The zero-order valence-corrected chi connectivity index (χ0v) is 14.8. The molecule has 3 aromatic rings. The molecule has 124 valence electrons. The van der Waals surface area contributed by atoms with Gasteiger partial charge in [-0.3, -0.25) is 10.8 Å². The lowest BCUT2D eigenvalue weighted by atomic mass is 10.3. The lowest BCUT2D eigenvalue weighted by molar-refractivity contribution is 1.10. The molecular formula is C16H13N7S2. The number of nitriles is 1. The van der Waals surface area contributed by atoms with Crippen LogP contribution in [0.3, 0.4) is 0 Å². The summed E-state index contributed by atoms with van der Waals surface area (Å²) in [6, 6.07) is 9.31. The highest BCUT2D eigenvalue weighted by Gasteiger charge is 2.12. The van der Waals surface area contributed by atoms with Gasteiger partial charge in [-0.05, 0) is 30.0 Å². The van der Waals surface area contributed by atoms with Gasteiger partial charge in [0.05, 0.1) is 5.69 Å². The van der Waals surface area contributed by atoms with Gasteiger partial charge in [0, 0.05) is 10.3 Å². The van der Waals surface area contributed by atoms with Gasteiger partial charge in [-0.2, -0.15) is 10.4 Å². The van der Waals surface area contributed by atoms with Gasteiger partial charge in [-0.15, -0.1) is 11.3 Å². The summed E-state index contributed by atoms with van der Waals surface area (Å²) < 4.78 is 0. The number of hydrogen-bond donors (Lipinski definition) is 3. The van der Waals surface area contributed by atoms with Crippen LogP contribution < -0.4 is 11.2 Å². The van der Waals surface area contributed by atoms with Crippen molar-refractivity contribution < 1.29 is 0 Å². The first-order chi connectivity index (χ1) is 12.1. The second kappa shape index (κ2) is 7.29. The van der Waals surface area contributed by atoms with E-state index >= 15 is 0 Å². The number of fused-ring (bicyclic) bond motifs is 1. The first-order valence-electron chi connectivity index (χ1n) is 7.14. The topological polar surface area (TPSA) is 124 Å². The SMILES string of the molecule is Cc1csc2ncnc(Sc3ccccc3N/N=C(\C#N)C(=N)N)c12. The molecule has 0 atom stereocenters. The molecule has 3 rings (SSSR count). The molecule has 0 aliphatic carbocycles. The first-order valence-corrected chi connectivity index (χ1v) is 8.83. The summed E-state index contributed by atoms with van der Waals surface area (Å²) in [6.07, 6.45) is 1.55. The highest BCUT2D eigenvalue weighted by molar-refractivity contribution is 7.99. The van der Waals surface area contributed by atoms with Gasteiger partial charge < -0.3 is 5.73 Å². The van der Waals surface area contributed by atoms with Gasteiger partial charge >= 0.3 is 0 Å². The minimum absolute atomic E-state index is 0.169. The van der Waals surface area contributed by atoms with E-state index in [1.165, 1.54) is 11.8 Å². The number of nitrogens with one attached hydrogen (secondary N) is 2. The van der Waals surface area contributed by atoms with E-state index in [0.717, 1.165) is 25.7 Å². The Labute approximate surface area is 152 Å². The molecule has 0 spiro atoms. The van der Waals surface area contributed by atoms with Crippen molar-refractivity contribution >= 4 is 50.5 Å². The Morgan fingerprint density at radius 2 is 2.20 bits per heavy atom. The Balaban J connectivity index is 1.95. The third kappa shape index (κ3) is 3.60. The zero-order valence-electron chi connectivity index (χ0n) is 13.1. The van der Waals surface area contributed by atoms with Crippen LogP contribution in [0.2, 0.25) is 0 Å². The van der Waals surface area contributed by atoms with Crippen LogP contribution in [0.4, 0.5) is 5.69 Å². The second-order valence-electron chi connectivity index (χ2n) is 4.97. The third-order valence-corrected chi connectivity index (χ3v) is 5.35. The highest BCUT2D eigenvalue weighted by Crippen LogP contribution is 2.38. The summed E-state index contributed by atoms with van der Waals surface area (Å²) in [7, 11) is 0. The van der Waals surface area contributed by atoms with E-state index in [-0.39, 0.29) is 11.5 Å². The number of hydrazone groups is 1. The van der Waals surface area contributed by atoms with Crippen LogP contribution in [0.5, 0.6) is 0 Å². The van der Waals surface area contributed by atoms with Gasteiger partial charge in [0.1, 0.15) is 22.3 Å². The van der Waals surface area contributed by atoms with Crippen LogP contribution in [0.25, 0.3) is 10.2 Å². The van der Waals surface area contributed by atoms with Gasteiger partial charge in [0.25, 0.3) is 0 Å². The predicted octanol–water partition coefficient (Wildman–Crippen LogP) is 3.38. The number of hydrogen-bond acceptors (Lipinski definition) is 8. The molecule has 4 N–H and O–H groups in total. The molecule has 0 aliphatic heterocycles. The summed E-state index contributed by atoms with van der Waals surface area (Å²) >= 11 is 3.07. The van der Waals surface area contributed by atoms with Crippen LogP contribution in [-0.2, 0) is 0 Å². The fraction of sp³-hybridized carbons (Fsp3) is 0.0625. The van der Waals surface area contributed by atoms with E-state index in [4.69, 9.17) is 16.4 Å². The van der Waals surface area contributed by atoms with Crippen LogP contribution >= 0.6 is 23.1 Å². The maximum atomic E-state index is 8.94. The van der Waals surface area contributed by atoms with Crippen molar-refractivity contribution in [1.29, 1.82) is 10.7 Å². The Kier molecular flexibility index (Phi) is 4.92. The standard InChI is InChI=1S/C16H13N7S2/c1-9-7-24-15-13(9)16(21-8-20-15)25-12-5-3-2-4-10(12)22-23-11(6-17)14(18)19/h2-5,7-8,22H,1H3,(H3,18,19)/b23-11+. The smallest absolute Gasteiger partial charge is 0.201 e. The van der Waals surface area contributed by atoms with E-state index in [2.05, 4.69) is 25.9 Å². The number of aryl methyl sites for hydroxylation is 1. The Bertz CT molecular complexity index is 1020. The summed E-state index contributed by atoms with van der Waals surface area (Å²) in [4.78, 5) is 10.5. The largest absolute Gasteiger partial charge is 0.382 e. The number of anilines is 1.